The summed E-state index contributed by atoms with van der Waals surface area (Å²) in [6.07, 6.45) is 2.92. The van der Waals surface area contributed by atoms with Crippen LogP contribution in [0.15, 0.2) is 23.8 Å². The summed E-state index contributed by atoms with van der Waals surface area (Å²) in [7, 11) is 0. The van der Waals surface area contributed by atoms with E-state index < -0.39 is 0 Å². The highest BCUT2D eigenvalue weighted by atomic mass is 32.1. The highest BCUT2D eigenvalue weighted by Gasteiger charge is 2.18. The first-order chi connectivity index (χ1) is 10.4. The number of fused-ring (bicyclic) bond motifs is 1. The Hall–Kier alpha value is -1.79. The van der Waals surface area contributed by atoms with Crippen molar-refractivity contribution in [2.24, 2.45) is 0 Å². The molecule has 6 heteroatoms. The zero-order chi connectivity index (χ0) is 14.5. The molecular weight excluding hydrogens is 288 g/mol. The molecule has 112 valence electrons. The van der Waals surface area contributed by atoms with Crippen LogP contribution in [-0.2, 0) is 13.2 Å². The van der Waals surface area contributed by atoms with Crippen LogP contribution in [0.25, 0.3) is 0 Å². The second-order valence-corrected chi connectivity index (χ2v) is 5.72. The molecule has 21 heavy (non-hydrogen) atoms. The van der Waals surface area contributed by atoms with Crippen LogP contribution >= 0.6 is 11.3 Å². The monoisotopic (exact) mass is 306 g/mol. The molecule has 0 unspecified atom stereocenters. The molecule has 0 saturated heterocycles. The topological polar surface area (TPSA) is 52.6 Å². The van der Waals surface area contributed by atoms with E-state index in [4.69, 9.17) is 14.2 Å². The molecule has 0 amide bonds. The van der Waals surface area contributed by atoms with Gasteiger partial charge in [-0.25, -0.2) is 0 Å². The molecule has 2 heterocycles. The summed E-state index contributed by atoms with van der Waals surface area (Å²) < 4.78 is 16.8. The van der Waals surface area contributed by atoms with Gasteiger partial charge in [0.15, 0.2) is 11.5 Å². The first-order valence-electron chi connectivity index (χ1n) is 7.00. The number of ether oxygens (including phenoxy) is 3. The number of aromatic nitrogens is 1. The standard InChI is InChI=1S/C15H18N2O3S/c1-2-3-16-6-11-4-14-15(20-10-19-14)5-13(11)18-8-12-7-17-9-21-12/h4-5,7,9,16H,2-3,6,8,10H2,1H3. The number of rotatable bonds is 7. The predicted octanol–water partition coefficient (Wildman–Crippen LogP) is 2.95. The summed E-state index contributed by atoms with van der Waals surface area (Å²) in [6.45, 7) is 4.67. The molecule has 5 nitrogen and oxygen atoms in total. The minimum absolute atomic E-state index is 0.273. The van der Waals surface area contributed by atoms with Crippen molar-refractivity contribution in [3.8, 4) is 17.2 Å². The first kappa shape index (κ1) is 14.2. The molecule has 1 aliphatic heterocycles. The van der Waals surface area contributed by atoms with E-state index in [1.165, 1.54) is 0 Å². The maximum atomic E-state index is 5.93. The van der Waals surface area contributed by atoms with Crippen molar-refractivity contribution in [1.29, 1.82) is 0 Å². The van der Waals surface area contributed by atoms with Crippen LogP contribution in [0.2, 0.25) is 0 Å². The fraction of sp³-hybridized carbons (Fsp3) is 0.400. The van der Waals surface area contributed by atoms with Crippen molar-refractivity contribution in [1.82, 2.24) is 10.3 Å². The molecule has 1 N–H and O–H groups in total. The SMILES string of the molecule is CCCNCc1cc2c(cc1OCc1cncs1)OCO2. The van der Waals surface area contributed by atoms with Gasteiger partial charge in [-0.15, -0.1) is 11.3 Å². The van der Waals surface area contributed by atoms with Gasteiger partial charge in [0.2, 0.25) is 6.79 Å². The van der Waals surface area contributed by atoms with Gasteiger partial charge >= 0.3 is 0 Å². The quantitative estimate of drug-likeness (QED) is 0.797. The van der Waals surface area contributed by atoms with E-state index in [1.54, 1.807) is 11.3 Å². The Kier molecular flexibility index (Phi) is 4.57. The highest BCUT2D eigenvalue weighted by Crippen LogP contribution is 2.38. The minimum atomic E-state index is 0.273. The number of hydrogen-bond acceptors (Lipinski definition) is 6. The van der Waals surface area contributed by atoms with E-state index in [0.29, 0.717) is 6.61 Å². The maximum absolute atomic E-state index is 5.93. The van der Waals surface area contributed by atoms with Crippen LogP contribution in [0.5, 0.6) is 17.2 Å². The lowest BCUT2D eigenvalue weighted by Gasteiger charge is -2.12. The van der Waals surface area contributed by atoms with Crippen molar-refractivity contribution >= 4 is 11.3 Å². The Balaban J connectivity index is 1.75. The molecule has 3 rings (SSSR count). The molecule has 1 aliphatic rings. The molecule has 0 aliphatic carbocycles. The number of hydrogen-bond donors (Lipinski definition) is 1. The van der Waals surface area contributed by atoms with Gasteiger partial charge in [-0.05, 0) is 19.0 Å². The summed E-state index contributed by atoms with van der Waals surface area (Å²) in [4.78, 5) is 5.15. The lowest BCUT2D eigenvalue weighted by Crippen LogP contribution is -2.14. The normalized spacial score (nSPS) is 12.6. The Labute approximate surface area is 127 Å². The molecule has 0 radical (unpaired) electrons. The van der Waals surface area contributed by atoms with Crippen molar-refractivity contribution in [2.75, 3.05) is 13.3 Å². The van der Waals surface area contributed by atoms with Gasteiger partial charge in [-0.1, -0.05) is 6.92 Å². The lowest BCUT2D eigenvalue weighted by atomic mass is 10.1. The highest BCUT2D eigenvalue weighted by molar-refractivity contribution is 7.09. The zero-order valence-electron chi connectivity index (χ0n) is 11.9. The van der Waals surface area contributed by atoms with Crippen LogP contribution < -0.4 is 19.5 Å². The van der Waals surface area contributed by atoms with E-state index >= 15 is 0 Å². The summed E-state index contributed by atoms with van der Waals surface area (Å²) in [6, 6.07) is 3.90. The Morgan fingerprint density at radius 1 is 1.33 bits per heavy atom. The molecule has 0 bridgehead atoms. The Morgan fingerprint density at radius 2 is 2.19 bits per heavy atom. The van der Waals surface area contributed by atoms with Gasteiger partial charge in [0.05, 0.1) is 10.4 Å². The Bertz CT molecular complexity index is 587. The van der Waals surface area contributed by atoms with Crippen LogP contribution in [-0.4, -0.2) is 18.3 Å². The van der Waals surface area contributed by atoms with Gasteiger partial charge in [0, 0.05) is 24.4 Å². The van der Waals surface area contributed by atoms with E-state index in [9.17, 15) is 0 Å². The van der Waals surface area contributed by atoms with Crippen molar-refractivity contribution in [2.45, 2.75) is 26.5 Å². The number of nitrogens with zero attached hydrogens (tertiary/aromatic N) is 1. The van der Waals surface area contributed by atoms with E-state index in [-0.39, 0.29) is 6.79 Å². The second-order valence-electron chi connectivity index (χ2n) is 4.75. The smallest absolute Gasteiger partial charge is 0.231 e. The number of benzene rings is 1. The summed E-state index contributed by atoms with van der Waals surface area (Å²) in [5.41, 5.74) is 2.89. The molecule has 0 fully saturated rings. The third-order valence-electron chi connectivity index (χ3n) is 3.15. The molecule has 0 saturated carbocycles. The van der Waals surface area contributed by atoms with E-state index in [0.717, 1.165) is 47.2 Å². The zero-order valence-corrected chi connectivity index (χ0v) is 12.7. The fourth-order valence-electron chi connectivity index (χ4n) is 2.10. The average molecular weight is 306 g/mol. The van der Waals surface area contributed by atoms with Crippen LogP contribution in [0.1, 0.15) is 23.8 Å². The maximum Gasteiger partial charge on any atom is 0.231 e. The summed E-state index contributed by atoms with van der Waals surface area (Å²) in [5.74, 6) is 2.36. The molecule has 2 aromatic rings. The molecule has 0 spiro atoms. The van der Waals surface area contributed by atoms with Crippen molar-refractivity contribution < 1.29 is 14.2 Å². The molecule has 1 aromatic carbocycles. The average Bonchev–Trinajstić information content (AvgIpc) is 3.16. The third kappa shape index (κ3) is 3.46. The van der Waals surface area contributed by atoms with Gasteiger partial charge in [0.25, 0.3) is 0 Å². The lowest BCUT2D eigenvalue weighted by molar-refractivity contribution is 0.173. The Morgan fingerprint density at radius 3 is 2.95 bits per heavy atom. The molecule has 0 atom stereocenters. The van der Waals surface area contributed by atoms with Crippen molar-refractivity contribution in [3.63, 3.8) is 0 Å². The number of thiazole rings is 1. The van der Waals surface area contributed by atoms with Crippen LogP contribution in [0, 0.1) is 0 Å². The third-order valence-corrected chi connectivity index (χ3v) is 3.90. The predicted molar refractivity (Wildman–Crippen MR) is 81.0 cm³/mol. The van der Waals surface area contributed by atoms with Gasteiger partial charge in [-0.3, -0.25) is 4.98 Å². The molecular formula is C15H18N2O3S. The fourth-order valence-corrected chi connectivity index (χ4v) is 2.61. The summed E-state index contributed by atoms with van der Waals surface area (Å²) in [5, 5.41) is 3.39. The minimum Gasteiger partial charge on any atom is -0.488 e. The van der Waals surface area contributed by atoms with E-state index in [1.807, 2.05) is 23.8 Å². The van der Waals surface area contributed by atoms with Gasteiger partial charge in [-0.2, -0.15) is 0 Å². The molecule has 1 aromatic heterocycles. The van der Waals surface area contributed by atoms with Crippen molar-refractivity contribution in [3.05, 3.63) is 34.3 Å². The van der Waals surface area contributed by atoms with E-state index in [2.05, 4.69) is 17.2 Å². The van der Waals surface area contributed by atoms with Crippen LogP contribution in [0.3, 0.4) is 0 Å². The first-order valence-corrected chi connectivity index (χ1v) is 7.88. The summed E-state index contributed by atoms with van der Waals surface area (Å²) >= 11 is 1.59. The van der Waals surface area contributed by atoms with Crippen LogP contribution in [0.4, 0.5) is 0 Å². The van der Waals surface area contributed by atoms with Gasteiger partial charge < -0.3 is 19.5 Å². The van der Waals surface area contributed by atoms with Gasteiger partial charge in [0.1, 0.15) is 12.4 Å². The largest absolute Gasteiger partial charge is 0.488 e. The second kappa shape index (κ2) is 6.78. The number of nitrogens with one attached hydrogen (secondary N) is 1.